The van der Waals surface area contributed by atoms with Crippen LogP contribution in [0.25, 0.3) is 0 Å². The first-order chi connectivity index (χ1) is 6.60. The summed E-state index contributed by atoms with van der Waals surface area (Å²) in [5.74, 6) is 0.562. The summed E-state index contributed by atoms with van der Waals surface area (Å²) < 4.78 is 5.84. The fourth-order valence-electron chi connectivity index (χ4n) is 1.17. The van der Waals surface area contributed by atoms with Gasteiger partial charge in [-0.25, -0.2) is 0 Å². The molecule has 0 aliphatic rings. The van der Waals surface area contributed by atoms with E-state index in [9.17, 15) is 5.11 Å². The van der Waals surface area contributed by atoms with Gasteiger partial charge in [0.25, 0.3) is 0 Å². The molecule has 3 N–H and O–H groups in total. The number of halogens is 2. The minimum Gasteiger partial charge on any atom is -0.495 e. The highest BCUT2D eigenvalue weighted by Crippen LogP contribution is 2.35. The molecule has 1 unspecified atom stereocenters. The standard InChI is InChI=1S/C9H11BrClNO2/c1-14-9-6(8(13)4-12)2-5(11)3-7(9)10/h2-3,8,13H,4,12H2,1H3. The van der Waals surface area contributed by atoms with Gasteiger partial charge < -0.3 is 15.6 Å². The monoisotopic (exact) mass is 279 g/mol. The average molecular weight is 281 g/mol. The summed E-state index contributed by atoms with van der Waals surface area (Å²) in [6.07, 6.45) is -0.764. The molecular formula is C9H11BrClNO2. The predicted molar refractivity (Wildman–Crippen MR) is 59.7 cm³/mol. The quantitative estimate of drug-likeness (QED) is 0.891. The molecule has 78 valence electrons. The molecule has 0 bridgehead atoms. The van der Waals surface area contributed by atoms with Gasteiger partial charge in [-0.3, -0.25) is 0 Å². The van der Waals surface area contributed by atoms with E-state index < -0.39 is 6.10 Å². The Balaban J connectivity index is 3.24. The first kappa shape index (κ1) is 11.8. The van der Waals surface area contributed by atoms with E-state index >= 15 is 0 Å². The molecule has 0 aromatic heterocycles. The third-order valence-corrected chi connectivity index (χ3v) is 2.63. The number of ether oxygens (including phenoxy) is 1. The molecule has 3 nitrogen and oxygen atoms in total. The van der Waals surface area contributed by atoms with Gasteiger partial charge in [0.05, 0.1) is 17.7 Å². The maximum atomic E-state index is 9.61. The van der Waals surface area contributed by atoms with Crippen LogP contribution in [0.2, 0.25) is 5.02 Å². The average Bonchev–Trinajstić information content (AvgIpc) is 2.15. The first-order valence-corrected chi connectivity index (χ1v) is 5.18. The van der Waals surface area contributed by atoms with Crippen molar-refractivity contribution in [1.29, 1.82) is 0 Å². The van der Waals surface area contributed by atoms with Crippen molar-refractivity contribution >= 4 is 27.5 Å². The lowest BCUT2D eigenvalue weighted by Gasteiger charge is -2.14. The lowest BCUT2D eigenvalue weighted by atomic mass is 10.1. The van der Waals surface area contributed by atoms with E-state index in [0.29, 0.717) is 20.8 Å². The number of hydrogen-bond donors (Lipinski definition) is 2. The van der Waals surface area contributed by atoms with Gasteiger partial charge >= 0.3 is 0 Å². The number of aliphatic hydroxyl groups excluding tert-OH is 1. The molecule has 0 aliphatic carbocycles. The second-order valence-electron chi connectivity index (χ2n) is 2.76. The lowest BCUT2D eigenvalue weighted by molar-refractivity contribution is 0.182. The largest absolute Gasteiger partial charge is 0.495 e. The molecule has 1 rings (SSSR count). The van der Waals surface area contributed by atoms with Crippen molar-refractivity contribution in [3.8, 4) is 5.75 Å². The number of aliphatic hydroxyl groups is 1. The van der Waals surface area contributed by atoms with Crippen molar-refractivity contribution < 1.29 is 9.84 Å². The van der Waals surface area contributed by atoms with Crippen LogP contribution in [-0.4, -0.2) is 18.8 Å². The Morgan fingerprint density at radius 3 is 2.79 bits per heavy atom. The van der Waals surface area contributed by atoms with Crippen molar-refractivity contribution in [3.63, 3.8) is 0 Å². The van der Waals surface area contributed by atoms with Crippen LogP contribution in [-0.2, 0) is 0 Å². The minimum atomic E-state index is -0.764. The van der Waals surface area contributed by atoms with E-state index in [-0.39, 0.29) is 6.54 Å². The summed E-state index contributed by atoms with van der Waals surface area (Å²) >= 11 is 9.14. The van der Waals surface area contributed by atoms with Crippen LogP contribution >= 0.6 is 27.5 Å². The Kier molecular flexibility index (Phi) is 4.19. The van der Waals surface area contributed by atoms with Crippen molar-refractivity contribution in [2.75, 3.05) is 13.7 Å². The zero-order valence-electron chi connectivity index (χ0n) is 7.63. The Bertz CT molecular complexity index is 333. The number of hydrogen-bond acceptors (Lipinski definition) is 3. The number of rotatable bonds is 3. The molecule has 0 saturated carbocycles. The van der Waals surface area contributed by atoms with Gasteiger partial charge in [-0.05, 0) is 28.1 Å². The minimum absolute atomic E-state index is 0.128. The molecule has 1 aromatic rings. The highest BCUT2D eigenvalue weighted by Gasteiger charge is 2.15. The Morgan fingerprint density at radius 2 is 2.29 bits per heavy atom. The van der Waals surface area contributed by atoms with Gasteiger partial charge in [-0.1, -0.05) is 11.6 Å². The van der Waals surface area contributed by atoms with E-state index in [4.69, 9.17) is 22.1 Å². The van der Waals surface area contributed by atoms with E-state index in [2.05, 4.69) is 15.9 Å². The number of methoxy groups -OCH3 is 1. The van der Waals surface area contributed by atoms with Crippen LogP contribution in [0, 0.1) is 0 Å². The molecule has 0 aliphatic heterocycles. The molecule has 14 heavy (non-hydrogen) atoms. The normalized spacial score (nSPS) is 12.6. The van der Waals surface area contributed by atoms with Gasteiger partial charge in [0.2, 0.25) is 0 Å². The Morgan fingerprint density at radius 1 is 1.64 bits per heavy atom. The van der Waals surface area contributed by atoms with Gasteiger partial charge in [0, 0.05) is 17.1 Å². The highest BCUT2D eigenvalue weighted by molar-refractivity contribution is 9.10. The fourth-order valence-corrected chi connectivity index (χ4v) is 2.17. The van der Waals surface area contributed by atoms with Crippen LogP contribution in [0.15, 0.2) is 16.6 Å². The van der Waals surface area contributed by atoms with Crippen molar-refractivity contribution in [2.45, 2.75) is 6.10 Å². The van der Waals surface area contributed by atoms with Gasteiger partial charge in [0.1, 0.15) is 5.75 Å². The highest BCUT2D eigenvalue weighted by atomic mass is 79.9. The van der Waals surface area contributed by atoms with Crippen LogP contribution < -0.4 is 10.5 Å². The topological polar surface area (TPSA) is 55.5 Å². The molecule has 5 heteroatoms. The molecule has 0 radical (unpaired) electrons. The summed E-state index contributed by atoms with van der Waals surface area (Å²) in [5.41, 5.74) is 5.96. The molecule has 0 amide bonds. The third-order valence-electron chi connectivity index (χ3n) is 1.82. The summed E-state index contributed by atoms with van der Waals surface area (Å²) in [4.78, 5) is 0. The number of benzene rings is 1. The van der Waals surface area contributed by atoms with Gasteiger partial charge in [-0.15, -0.1) is 0 Å². The molecular weight excluding hydrogens is 269 g/mol. The number of nitrogens with two attached hydrogens (primary N) is 1. The molecule has 0 heterocycles. The summed E-state index contributed by atoms with van der Waals surface area (Å²) in [6, 6.07) is 3.34. The van der Waals surface area contributed by atoms with Crippen LogP contribution in [0.1, 0.15) is 11.7 Å². The molecule has 0 spiro atoms. The maximum Gasteiger partial charge on any atom is 0.138 e. The van der Waals surface area contributed by atoms with E-state index in [1.54, 1.807) is 12.1 Å². The zero-order valence-corrected chi connectivity index (χ0v) is 9.97. The van der Waals surface area contributed by atoms with Crippen LogP contribution in [0.5, 0.6) is 5.75 Å². The van der Waals surface area contributed by atoms with Crippen LogP contribution in [0.3, 0.4) is 0 Å². The van der Waals surface area contributed by atoms with Crippen LogP contribution in [0.4, 0.5) is 0 Å². The van der Waals surface area contributed by atoms with Crippen molar-refractivity contribution in [2.24, 2.45) is 5.73 Å². The smallest absolute Gasteiger partial charge is 0.138 e. The lowest BCUT2D eigenvalue weighted by Crippen LogP contribution is -2.12. The molecule has 1 aromatic carbocycles. The third kappa shape index (κ3) is 2.39. The zero-order chi connectivity index (χ0) is 10.7. The van der Waals surface area contributed by atoms with Crippen molar-refractivity contribution in [1.82, 2.24) is 0 Å². The first-order valence-electron chi connectivity index (χ1n) is 4.01. The van der Waals surface area contributed by atoms with E-state index in [1.807, 2.05) is 0 Å². The molecule has 0 saturated heterocycles. The van der Waals surface area contributed by atoms with E-state index in [1.165, 1.54) is 7.11 Å². The summed E-state index contributed by atoms with van der Waals surface area (Å²) in [7, 11) is 1.53. The molecule has 0 fully saturated rings. The second-order valence-corrected chi connectivity index (χ2v) is 4.05. The maximum absolute atomic E-state index is 9.61. The van der Waals surface area contributed by atoms with E-state index in [0.717, 1.165) is 0 Å². The second kappa shape index (κ2) is 4.98. The fraction of sp³-hybridized carbons (Fsp3) is 0.333. The Labute approximate surface area is 95.9 Å². The Hall–Kier alpha value is -0.290. The predicted octanol–water partition coefficient (Wildman–Crippen LogP) is 2.10. The summed E-state index contributed by atoms with van der Waals surface area (Å²) in [5, 5.41) is 10.1. The van der Waals surface area contributed by atoms with Crippen molar-refractivity contribution in [3.05, 3.63) is 27.2 Å². The van der Waals surface area contributed by atoms with Gasteiger partial charge in [0.15, 0.2) is 0 Å². The van der Waals surface area contributed by atoms with Gasteiger partial charge in [-0.2, -0.15) is 0 Å². The SMILES string of the molecule is COc1c(Br)cc(Cl)cc1C(O)CN. The summed E-state index contributed by atoms with van der Waals surface area (Å²) in [6.45, 7) is 0.128. The molecule has 1 atom stereocenters.